The number of amides is 1. The Morgan fingerprint density at radius 1 is 1.33 bits per heavy atom. The SMILES string of the molecule is CCC(CC)(CBr)NC(=O)c1cc(F)ccc1F. The molecule has 2 nitrogen and oxygen atoms in total. The summed E-state index contributed by atoms with van der Waals surface area (Å²) in [6.07, 6.45) is 1.41. The van der Waals surface area contributed by atoms with E-state index in [1.165, 1.54) is 0 Å². The highest BCUT2D eigenvalue weighted by Crippen LogP contribution is 2.19. The van der Waals surface area contributed by atoms with Crippen molar-refractivity contribution in [3.8, 4) is 0 Å². The van der Waals surface area contributed by atoms with Gasteiger partial charge in [0.1, 0.15) is 11.6 Å². The number of nitrogens with one attached hydrogen (secondary N) is 1. The van der Waals surface area contributed by atoms with Gasteiger partial charge in [-0.25, -0.2) is 8.78 Å². The van der Waals surface area contributed by atoms with Crippen LogP contribution in [0.3, 0.4) is 0 Å². The molecular formula is C13H16BrF2NO. The summed E-state index contributed by atoms with van der Waals surface area (Å²) >= 11 is 3.34. The molecule has 0 saturated carbocycles. The molecule has 0 atom stereocenters. The molecule has 100 valence electrons. The molecule has 0 unspecified atom stereocenters. The van der Waals surface area contributed by atoms with Crippen LogP contribution in [0.2, 0.25) is 0 Å². The van der Waals surface area contributed by atoms with Crippen LogP contribution in [0.15, 0.2) is 18.2 Å². The van der Waals surface area contributed by atoms with Gasteiger partial charge in [-0.15, -0.1) is 0 Å². The molecule has 1 aromatic rings. The molecule has 0 saturated heterocycles. The third kappa shape index (κ3) is 3.28. The summed E-state index contributed by atoms with van der Waals surface area (Å²) in [5, 5.41) is 3.34. The van der Waals surface area contributed by atoms with E-state index in [1.54, 1.807) is 0 Å². The van der Waals surface area contributed by atoms with Crippen LogP contribution < -0.4 is 5.32 Å². The summed E-state index contributed by atoms with van der Waals surface area (Å²) in [5.41, 5.74) is -0.697. The van der Waals surface area contributed by atoms with Crippen molar-refractivity contribution in [1.82, 2.24) is 5.32 Å². The summed E-state index contributed by atoms with van der Waals surface area (Å²) in [7, 11) is 0. The maximum absolute atomic E-state index is 13.5. The maximum atomic E-state index is 13.5. The zero-order valence-corrected chi connectivity index (χ0v) is 12.0. The summed E-state index contributed by atoms with van der Waals surface area (Å²) in [6.45, 7) is 3.87. The van der Waals surface area contributed by atoms with Gasteiger partial charge >= 0.3 is 0 Å². The highest BCUT2D eigenvalue weighted by molar-refractivity contribution is 9.09. The lowest BCUT2D eigenvalue weighted by Gasteiger charge is -2.31. The van der Waals surface area contributed by atoms with Crippen LogP contribution in [0.4, 0.5) is 8.78 Å². The number of carbonyl (C=O) groups is 1. The standard InChI is InChI=1S/C13H16BrF2NO/c1-3-13(4-2,8-14)17-12(18)10-7-9(15)5-6-11(10)16/h5-7H,3-4,8H2,1-2H3,(H,17,18). The predicted molar refractivity (Wildman–Crippen MR) is 70.9 cm³/mol. The van der Waals surface area contributed by atoms with E-state index < -0.39 is 23.1 Å². The Balaban J connectivity index is 2.97. The first-order chi connectivity index (χ1) is 8.48. The normalized spacial score (nSPS) is 11.4. The lowest BCUT2D eigenvalue weighted by molar-refractivity contribution is 0.0899. The molecule has 0 spiro atoms. The second-order valence-electron chi connectivity index (χ2n) is 4.20. The molecule has 5 heteroatoms. The molecule has 0 radical (unpaired) electrons. The molecule has 1 rings (SSSR count). The van der Waals surface area contributed by atoms with Gasteiger partial charge in [0, 0.05) is 10.9 Å². The first-order valence-corrected chi connectivity index (χ1v) is 6.93. The molecule has 1 amide bonds. The van der Waals surface area contributed by atoms with Gasteiger partial charge in [0.15, 0.2) is 0 Å². The minimum Gasteiger partial charge on any atom is -0.346 e. The van der Waals surface area contributed by atoms with Crippen molar-refractivity contribution in [3.63, 3.8) is 0 Å². The van der Waals surface area contributed by atoms with E-state index >= 15 is 0 Å². The van der Waals surface area contributed by atoms with Crippen molar-refractivity contribution in [2.45, 2.75) is 32.2 Å². The fourth-order valence-corrected chi connectivity index (χ4v) is 2.56. The minimum absolute atomic E-state index is 0.262. The summed E-state index contributed by atoms with van der Waals surface area (Å²) in [4.78, 5) is 12.0. The molecular weight excluding hydrogens is 304 g/mol. The fraction of sp³-hybridized carbons (Fsp3) is 0.462. The number of rotatable bonds is 5. The maximum Gasteiger partial charge on any atom is 0.254 e. The molecule has 0 heterocycles. The highest BCUT2D eigenvalue weighted by Gasteiger charge is 2.28. The van der Waals surface area contributed by atoms with Crippen molar-refractivity contribution in [2.24, 2.45) is 0 Å². The monoisotopic (exact) mass is 319 g/mol. The van der Waals surface area contributed by atoms with Crippen LogP contribution in [-0.4, -0.2) is 16.8 Å². The van der Waals surface area contributed by atoms with E-state index in [0.717, 1.165) is 18.2 Å². The number of benzene rings is 1. The van der Waals surface area contributed by atoms with Gasteiger partial charge in [-0.3, -0.25) is 4.79 Å². The van der Waals surface area contributed by atoms with Crippen molar-refractivity contribution in [3.05, 3.63) is 35.4 Å². The van der Waals surface area contributed by atoms with E-state index in [2.05, 4.69) is 21.2 Å². The van der Waals surface area contributed by atoms with Crippen LogP contribution in [0.1, 0.15) is 37.0 Å². The van der Waals surface area contributed by atoms with Crippen LogP contribution in [0.25, 0.3) is 0 Å². The molecule has 18 heavy (non-hydrogen) atoms. The van der Waals surface area contributed by atoms with Gasteiger partial charge in [0.2, 0.25) is 0 Å². The summed E-state index contributed by atoms with van der Waals surface area (Å²) in [5.74, 6) is -1.93. The van der Waals surface area contributed by atoms with Gasteiger partial charge < -0.3 is 5.32 Å². The van der Waals surface area contributed by atoms with E-state index in [-0.39, 0.29) is 5.56 Å². The largest absolute Gasteiger partial charge is 0.346 e. The fourth-order valence-electron chi connectivity index (χ4n) is 1.63. The molecule has 0 fully saturated rings. The second kappa shape index (κ2) is 6.27. The van der Waals surface area contributed by atoms with Gasteiger partial charge in [0.05, 0.1) is 5.56 Å². The Morgan fingerprint density at radius 2 is 1.94 bits per heavy atom. The number of halogens is 3. The first-order valence-electron chi connectivity index (χ1n) is 5.81. The van der Waals surface area contributed by atoms with Gasteiger partial charge in [-0.05, 0) is 31.0 Å². The Morgan fingerprint density at radius 3 is 2.44 bits per heavy atom. The molecule has 0 bridgehead atoms. The van der Waals surface area contributed by atoms with E-state index in [1.807, 2.05) is 13.8 Å². The Labute approximate surface area is 114 Å². The third-order valence-corrected chi connectivity index (χ3v) is 4.23. The summed E-state index contributed by atoms with van der Waals surface area (Å²) in [6, 6.07) is 2.86. The number of carbonyl (C=O) groups excluding carboxylic acids is 1. The molecule has 1 aromatic carbocycles. The zero-order valence-electron chi connectivity index (χ0n) is 10.4. The van der Waals surface area contributed by atoms with Gasteiger partial charge in [0.25, 0.3) is 5.91 Å². The average Bonchev–Trinajstić information content (AvgIpc) is 2.38. The first kappa shape index (κ1) is 15.1. The molecule has 0 aliphatic rings. The van der Waals surface area contributed by atoms with E-state index in [4.69, 9.17) is 0 Å². The van der Waals surface area contributed by atoms with Gasteiger partial charge in [-0.2, -0.15) is 0 Å². The van der Waals surface area contributed by atoms with Crippen LogP contribution in [0.5, 0.6) is 0 Å². The van der Waals surface area contributed by atoms with Crippen molar-refractivity contribution < 1.29 is 13.6 Å². The van der Waals surface area contributed by atoms with Crippen molar-refractivity contribution >= 4 is 21.8 Å². The van der Waals surface area contributed by atoms with Crippen molar-refractivity contribution in [1.29, 1.82) is 0 Å². The van der Waals surface area contributed by atoms with Crippen LogP contribution in [-0.2, 0) is 0 Å². The quantitative estimate of drug-likeness (QED) is 0.825. The minimum atomic E-state index is -0.718. The zero-order chi connectivity index (χ0) is 13.8. The van der Waals surface area contributed by atoms with E-state index in [9.17, 15) is 13.6 Å². The van der Waals surface area contributed by atoms with E-state index in [0.29, 0.717) is 18.2 Å². The highest BCUT2D eigenvalue weighted by atomic mass is 79.9. The van der Waals surface area contributed by atoms with Gasteiger partial charge in [-0.1, -0.05) is 29.8 Å². The number of hydrogen-bond acceptors (Lipinski definition) is 1. The topological polar surface area (TPSA) is 29.1 Å². The Kier molecular flexibility index (Phi) is 5.26. The molecule has 0 aliphatic carbocycles. The number of hydrogen-bond donors (Lipinski definition) is 1. The lowest BCUT2D eigenvalue weighted by atomic mass is 9.95. The smallest absolute Gasteiger partial charge is 0.254 e. The third-order valence-electron chi connectivity index (χ3n) is 3.16. The predicted octanol–water partition coefficient (Wildman–Crippen LogP) is 3.65. The molecule has 0 aromatic heterocycles. The number of alkyl halides is 1. The lowest BCUT2D eigenvalue weighted by Crippen LogP contribution is -2.49. The Bertz CT molecular complexity index is 425. The average molecular weight is 320 g/mol. The van der Waals surface area contributed by atoms with Crippen LogP contribution in [0, 0.1) is 11.6 Å². The second-order valence-corrected chi connectivity index (χ2v) is 4.76. The molecule has 1 N–H and O–H groups in total. The van der Waals surface area contributed by atoms with Crippen molar-refractivity contribution in [2.75, 3.05) is 5.33 Å². The summed E-state index contributed by atoms with van der Waals surface area (Å²) < 4.78 is 26.5. The molecule has 0 aliphatic heterocycles. The van der Waals surface area contributed by atoms with Crippen LogP contribution >= 0.6 is 15.9 Å². The Hall–Kier alpha value is -0.970.